The molecule has 3 aromatic rings. The maximum absolute atomic E-state index is 6.28. The summed E-state index contributed by atoms with van der Waals surface area (Å²) in [5, 5.41) is 0.633. The summed E-state index contributed by atoms with van der Waals surface area (Å²) < 4.78 is 2.82. The first-order valence-electron chi connectivity index (χ1n) is 5.77. The Labute approximate surface area is 124 Å². The van der Waals surface area contributed by atoms with Gasteiger partial charge in [0.1, 0.15) is 0 Å². The van der Waals surface area contributed by atoms with Crippen molar-refractivity contribution in [2.24, 2.45) is 0 Å². The zero-order valence-electron chi connectivity index (χ0n) is 10.2. The summed E-state index contributed by atoms with van der Waals surface area (Å²) in [5.74, 6) is 0.424. The molecule has 5 heteroatoms. The van der Waals surface area contributed by atoms with E-state index in [9.17, 15) is 0 Å². The third-order valence-electron chi connectivity index (χ3n) is 3.00. The molecule has 2 aromatic carbocycles. The lowest BCUT2D eigenvalue weighted by Gasteiger charge is -2.10. The maximum atomic E-state index is 6.28. The average molecular weight is 337 g/mol. The normalized spacial score (nSPS) is 11.1. The third kappa shape index (κ3) is 2.01. The molecular weight excluding hydrogens is 326 g/mol. The molecule has 0 aliphatic carbocycles. The smallest absolute Gasteiger partial charge is 0.206 e. The van der Waals surface area contributed by atoms with Gasteiger partial charge in [-0.2, -0.15) is 0 Å². The monoisotopic (exact) mass is 335 g/mol. The fourth-order valence-corrected chi connectivity index (χ4v) is 3.07. The molecule has 0 amide bonds. The van der Waals surface area contributed by atoms with Gasteiger partial charge in [0.05, 0.1) is 21.7 Å². The number of aryl methyl sites for hydroxylation is 1. The molecule has 0 aliphatic heterocycles. The number of para-hydroxylation sites is 1. The molecule has 0 spiro atoms. The van der Waals surface area contributed by atoms with Gasteiger partial charge in [0, 0.05) is 4.47 Å². The van der Waals surface area contributed by atoms with Crippen LogP contribution in [-0.4, -0.2) is 9.55 Å². The second-order valence-electron chi connectivity index (χ2n) is 4.37. The zero-order valence-corrected chi connectivity index (χ0v) is 12.5. The Kier molecular flexibility index (Phi) is 2.99. The van der Waals surface area contributed by atoms with E-state index in [4.69, 9.17) is 17.3 Å². The van der Waals surface area contributed by atoms with Crippen LogP contribution < -0.4 is 5.73 Å². The fourth-order valence-electron chi connectivity index (χ4n) is 2.14. The van der Waals surface area contributed by atoms with Crippen LogP contribution in [0.5, 0.6) is 0 Å². The molecule has 0 unspecified atom stereocenters. The van der Waals surface area contributed by atoms with Crippen molar-refractivity contribution in [3.8, 4) is 5.69 Å². The Hall–Kier alpha value is -1.52. The van der Waals surface area contributed by atoms with Gasteiger partial charge in [-0.1, -0.05) is 23.7 Å². The number of fused-ring (bicyclic) bond motifs is 1. The van der Waals surface area contributed by atoms with Crippen LogP contribution in [0.2, 0.25) is 5.02 Å². The van der Waals surface area contributed by atoms with Crippen molar-refractivity contribution < 1.29 is 0 Å². The molecule has 0 aliphatic rings. The minimum Gasteiger partial charge on any atom is -0.369 e. The molecule has 96 valence electrons. The summed E-state index contributed by atoms with van der Waals surface area (Å²) in [6, 6.07) is 11.7. The van der Waals surface area contributed by atoms with E-state index in [1.165, 1.54) is 5.56 Å². The van der Waals surface area contributed by atoms with Crippen molar-refractivity contribution in [2.75, 3.05) is 5.73 Å². The number of nitrogens with two attached hydrogens (primary N) is 1. The number of nitrogen functional groups attached to an aromatic ring is 1. The van der Waals surface area contributed by atoms with E-state index in [0.29, 0.717) is 11.0 Å². The molecule has 1 heterocycles. The number of benzene rings is 2. The number of hydrogen-bond acceptors (Lipinski definition) is 2. The molecule has 0 atom stereocenters. The van der Waals surface area contributed by atoms with E-state index >= 15 is 0 Å². The summed E-state index contributed by atoms with van der Waals surface area (Å²) in [6.45, 7) is 2.04. The summed E-state index contributed by atoms with van der Waals surface area (Å²) >= 11 is 9.84. The van der Waals surface area contributed by atoms with Gasteiger partial charge < -0.3 is 5.73 Å². The van der Waals surface area contributed by atoms with Crippen LogP contribution in [0.15, 0.2) is 40.9 Å². The van der Waals surface area contributed by atoms with E-state index in [1.54, 1.807) is 0 Å². The van der Waals surface area contributed by atoms with Crippen LogP contribution in [0.1, 0.15) is 5.56 Å². The first-order chi connectivity index (χ1) is 9.08. The molecule has 0 fully saturated rings. The van der Waals surface area contributed by atoms with E-state index < -0.39 is 0 Å². The lowest BCUT2D eigenvalue weighted by molar-refractivity contribution is 1.10. The Morgan fingerprint density at radius 1 is 1.26 bits per heavy atom. The highest BCUT2D eigenvalue weighted by molar-refractivity contribution is 9.10. The molecular formula is C14H11BrClN3. The largest absolute Gasteiger partial charge is 0.369 e. The third-order valence-corrected chi connectivity index (χ3v) is 3.94. The Balaban J connectivity index is 2.39. The zero-order chi connectivity index (χ0) is 13.6. The van der Waals surface area contributed by atoms with Crippen molar-refractivity contribution in [1.82, 2.24) is 9.55 Å². The van der Waals surface area contributed by atoms with Gasteiger partial charge in [0.25, 0.3) is 0 Å². The second-order valence-corrected chi connectivity index (χ2v) is 5.63. The van der Waals surface area contributed by atoms with E-state index in [1.807, 2.05) is 47.9 Å². The molecule has 0 saturated heterocycles. The van der Waals surface area contributed by atoms with Crippen LogP contribution in [0.3, 0.4) is 0 Å². The summed E-state index contributed by atoms with van der Waals surface area (Å²) in [4.78, 5) is 4.35. The number of rotatable bonds is 1. The predicted molar refractivity (Wildman–Crippen MR) is 82.9 cm³/mol. The van der Waals surface area contributed by atoms with Gasteiger partial charge in [-0.25, -0.2) is 4.98 Å². The van der Waals surface area contributed by atoms with Gasteiger partial charge >= 0.3 is 0 Å². The first-order valence-corrected chi connectivity index (χ1v) is 6.94. The van der Waals surface area contributed by atoms with Crippen LogP contribution in [0.4, 0.5) is 5.95 Å². The highest BCUT2D eigenvalue weighted by Gasteiger charge is 2.14. The lowest BCUT2D eigenvalue weighted by atomic mass is 10.2. The number of nitrogens with zero attached hydrogens (tertiary/aromatic N) is 2. The molecule has 0 radical (unpaired) electrons. The van der Waals surface area contributed by atoms with E-state index in [-0.39, 0.29) is 0 Å². The highest BCUT2D eigenvalue weighted by atomic mass is 79.9. The number of imidazole rings is 1. The molecule has 2 N–H and O–H groups in total. The summed E-state index contributed by atoms with van der Waals surface area (Å²) in [7, 11) is 0. The lowest BCUT2D eigenvalue weighted by Crippen LogP contribution is -2.01. The molecule has 0 saturated carbocycles. The predicted octanol–water partition coefficient (Wildman–Crippen LogP) is 4.33. The van der Waals surface area contributed by atoms with Crippen molar-refractivity contribution in [1.29, 1.82) is 0 Å². The molecule has 19 heavy (non-hydrogen) atoms. The fraction of sp³-hybridized carbons (Fsp3) is 0.0714. The first kappa shape index (κ1) is 12.5. The van der Waals surface area contributed by atoms with Gasteiger partial charge in [0.2, 0.25) is 5.95 Å². The van der Waals surface area contributed by atoms with Gasteiger partial charge in [-0.15, -0.1) is 0 Å². The summed E-state index contributed by atoms with van der Waals surface area (Å²) in [5.41, 5.74) is 9.75. The van der Waals surface area contributed by atoms with Crippen LogP contribution in [0, 0.1) is 6.92 Å². The van der Waals surface area contributed by atoms with Gasteiger partial charge in [0.15, 0.2) is 0 Å². The average Bonchev–Trinajstić information content (AvgIpc) is 2.67. The Morgan fingerprint density at radius 2 is 2.05 bits per heavy atom. The minimum atomic E-state index is 0.424. The molecule has 3 nitrogen and oxygen atoms in total. The van der Waals surface area contributed by atoms with E-state index in [0.717, 1.165) is 21.2 Å². The van der Waals surface area contributed by atoms with Crippen LogP contribution in [-0.2, 0) is 0 Å². The molecule has 3 rings (SSSR count). The van der Waals surface area contributed by atoms with Crippen molar-refractivity contribution >= 4 is 44.5 Å². The highest BCUT2D eigenvalue weighted by Crippen LogP contribution is 2.32. The van der Waals surface area contributed by atoms with Gasteiger partial charge in [-0.05, 0) is 52.7 Å². The number of anilines is 1. The number of hydrogen-bond donors (Lipinski definition) is 1. The van der Waals surface area contributed by atoms with E-state index in [2.05, 4.69) is 20.9 Å². The number of aromatic nitrogens is 2. The molecule has 0 bridgehead atoms. The minimum absolute atomic E-state index is 0.424. The standard InChI is InChI=1S/C14H11BrClN3/c1-8-5-6-12(9(15)7-8)19-13-10(16)3-2-4-11(13)18-14(19)17/h2-7H,1H3,(H2,17,18). The van der Waals surface area contributed by atoms with Crippen LogP contribution in [0.25, 0.3) is 16.7 Å². The second kappa shape index (κ2) is 4.54. The van der Waals surface area contributed by atoms with Crippen LogP contribution >= 0.6 is 27.5 Å². The van der Waals surface area contributed by atoms with Crippen molar-refractivity contribution in [2.45, 2.75) is 6.92 Å². The Bertz CT molecular complexity index is 780. The van der Waals surface area contributed by atoms with Crippen molar-refractivity contribution in [3.63, 3.8) is 0 Å². The molecule has 1 aromatic heterocycles. The van der Waals surface area contributed by atoms with Gasteiger partial charge in [-0.3, -0.25) is 4.57 Å². The number of halogens is 2. The SMILES string of the molecule is Cc1ccc(-n2c(N)nc3cccc(Cl)c32)c(Br)c1. The van der Waals surface area contributed by atoms with Crippen molar-refractivity contribution in [3.05, 3.63) is 51.5 Å². The topological polar surface area (TPSA) is 43.8 Å². The quantitative estimate of drug-likeness (QED) is 0.718. The maximum Gasteiger partial charge on any atom is 0.206 e. The summed E-state index contributed by atoms with van der Waals surface area (Å²) in [6.07, 6.45) is 0. The Morgan fingerprint density at radius 3 is 2.79 bits per heavy atom.